The van der Waals surface area contributed by atoms with Crippen molar-refractivity contribution in [2.75, 3.05) is 19.1 Å². The van der Waals surface area contributed by atoms with Crippen LogP contribution in [0.2, 0.25) is 0 Å². The minimum Gasteiger partial charge on any atom is -0.493 e. The number of hydrogen-bond donors (Lipinski definition) is 0. The highest BCUT2D eigenvalue weighted by molar-refractivity contribution is 6.33. The molecule has 1 aliphatic heterocycles. The van der Waals surface area contributed by atoms with Crippen LogP contribution in [0.3, 0.4) is 0 Å². The number of ether oxygens (including phenoxy) is 2. The molecule has 3 aromatic rings. The molecule has 0 radical (unpaired) electrons. The molecule has 4 rings (SSSR count). The van der Waals surface area contributed by atoms with Gasteiger partial charge >= 0.3 is 0 Å². The van der Waals surface area contributed by atoms with Gasteiger partial charge in [0.1, 0.15) is 11.5 Å². The van der Waals surface area contributed by atoms with Crippen molar-refractivity contribution in [1.82, 2.24) is 0 Å². The number of carbonyl (C=O) groups is 1. The number of rotatable bonds is 5. The third kappa shape index (κ3) is 3.92. The molecule has 0 bridgehead atoms. The number of halogens is 1. The number of aryl methyl sites for hydroxylation is 1. The van der Waals surface area contributed by atoms with Gasteiger partial charge in [0.25, 0.3) is 5.91 Å². The fourth-order valence-electron chi connectivity index (χ4n) is 3.37. The van der Waals surface area contributed by atoms with Crippen molar-refractivity contribution in [1.29, 1.82) is 0 Å². The normalized spacial score (nSPS) is 14.7. The number of anilines is 1. The molecule has 31 heavy (non-hydrogen) atoms. The topological polar surface area (TPSA) is 51.1 Å². The first-order valence-electron chi connectivity index (χ1n) is 9.70. The molecule has 0 saturated heterocycles. The Labute approximate surface area is 180 Å². The van der Waals surface area contributed by atoms with Gasteiger partial charge in [-0.2, -0.15) is 0 Å². The van der Waals surface area contributed by atoms with Gasteiger partial charge in [-0.05, 0) is 55.0 Å². The summed E-state index contributed by atoms with van der Waals surface area (Å²) in [4.78, 5) is 19.3. The predicted octanol–water partition coefficient (Wildman–Crippen LogP) is 4.99. The molecule has 5 nitrogen and oxygen atoms in total. The Hall–Kier alpha value is -3.93. The number of aliphatic imine (C=N–C) groups is 1. The van der Waals surface area contributed by atoms with E-state index in [1.165, 1.54) is 11.0 Å². The fourth-order valence-corrected chi connectivity index (χ4v) is 3.37. The van der Waals surface area contributed by atoms with Crippen LogP contribution in [-0.2, 0) is 4.79 Å². The molecule has 0 spiro atoms. The zero-order chi connectivity index (χ0) is 22.0. The van der Waals surface area contributed by atoms with Crippen LogP contribution in [0, 0.1) is 12.7 Å². The monoisotopic (exact) mass is 416 g/mol. The first-order chi connectivity index (χ1) is 15.0. The van der Waals surface area contributed by atoms with E-state index >= 15 is 0 Å². The maximum atomic E-state index is 14.6. The van der Waals surface area contributed by atoms with Crippen LogP contribution in [-0.4, -0.2) is 26.0 Å². The van der Waals surface area contributed by atoms with E-state index < -0.39 is 5.82 Å². The molecular weight excluding hydrogens is 395 g/mol. The summed E-state index contributed by atoms with van der Waals surface area (Å²) in [6, 6.07) is 19.0. The second-order valence-corrected chi connectivity index (χ2v) is 7.04. The molecule has 1 heterocycles. The Morgan fingerprint density at radius 1 is 0.935 bits per heavy atom. The Morgan fingerprint density at radius 2 is 1.65 bits per heavy atom. The highest BCUT2D eigenvalue weighted by atomic mass is 19.1. The molecular formula is C25H21FN2O3. The van der Waals surface area contributed by atoms with E-state index in [1.807, 2.05) is 31.2 Å². The molecule has 3 aromatic carbocycles. The summed E-state index contributed by atoms with van der Waals surface area (Å²) in [5.74, 6) is 0.587. The van der Waals surface area contributed by atoms with Gasteiger partial charge in [0.15, 0.2) is 17.3 Å². The average Bonchev–Trinajstić information content (AvgIpc) is 3.10. The first kappa shape index (κ1) is 20.3. The lowest BCUT2D eigenvalue weighted by Gasteiger charge is -2.19. The smallest absolute Gasteiger partial charge is 0.282 e. The molecule has 156 valence electrons. The molecule has 0 fully saturated rings. The highest BCUT2D eigenvalue weighted by Crippen LogP contribution is 2.31. The van der Waals surface area contributed by atoms with E-state index in [0.717, 1.165) is 5.56 Å². The van der Waals surface area contributed by atoms with Crippen molar-refractivity contribution in [3.8, 4) is 11.5 Å². The van der Waals surface area contributed by atoms with Gasteiger partial charge in [0.2, 0.25) is 0 Å². The largest absolute Gasteiger partial charge is 0.493 e. The van der Waals surface area contributed by atoms with E-state index in [-0.39, 0.29) is 23.0 Å². The third-order valence-corrected chi connectivity index (χ3v) is 4.98. The molecule has 6 heteroatoms. The van der Waals surface area contributed by atoms with Crippen molar-refractivity contribution in [2.24, 2.45) is 4.99 Å². The van der Waals surface area contributed by atoms with Gasteiger partial charge in [0, 0.05) is 0 Å². The Balaban J connectivity index is 1.83. The number of methoxy groups -OCH3 is 2. The van der Waals surface area contributed by atoms with E-state index in [1.54, 1.807) is 56.7 Å². The summed E-state index contributed by atoms with van der Waals surface area (Å²) in [6.07, 6.45) is 1.65. The zero-order valence-corrected chi connectivity index (χ0v) is 17.4. The fraction of sp³-hybridized carbons (Fsp3) is 0.120. The summed E-state index contributed by atoms with van der Waals surface area (Å²) in [7, 11) is 3.10. The summed E-state index contributed by atoms with van der Waals surface area (Å²) < 4.78 is 25.2. The molecule has 0 aromatic heterocycles. The lowest BCUT2D eigenvalue weighted by atomic mass is 10.1. The van der Waals surface area contributed by atoms with Gasteiger partial charge in [-0.15, -0.1) is 0 Å². The van der Waals surface area contributed by atoms with Crippen molar-refractivity contribution in [2.45, 2.75) is 6.92 Å². The predicted molar refractivity (Wildman–Crippen MR) is 119 cm³/mol. The summed E-state index contributed by atoms with van der Waals surface area (Å²) >= 11 is 0. The summed E-state index contributed by atoms with van der Waals surface area (Å²) in [5.41, 5.74) is 2.84. The van der Waals surface area contributed by atoms with Crippen LogP contribution < -0.4 is 14.4 Å². The number of amidine groups is 1. The lowest BCUT2D eigenvalue weighted by Crippen LogP contribution is -2.33. The maximum absolute atomic E-state index is 14.6. The molecule has 0 atom stereocenters. The van der Waals surface area contributed by atoms with Gasteiger partial charge in [-0.1, -0.05) is 35.9 Å². The van der Waals surface area contributed by atoms with Crippen LogP contribution in [0.1, 0.15) is 16.7 Å². The van der Waals surface area contributed by atoms with Crippen LogP contribution in [0.25, 0.3) is 6.08 Å². The van der Waals surface area contributed by atoms with E-state index in [0.29, 0.717) is 22.7 Å². The van der Waals surface area contributed by atoms with Crippen LogP contribution in [0.4, 0.5) is 10.1 Å². The van der Waals surface area contributed by atoms with E-state index in [4.69, 9.17) is 9.47 Å². The van der Waals surface area contributed by atoms with Gasteiger partial charge in [0.05, 0.1) is 25.5 Å². The van der Waals surface area contributed by atoms with Crippen molar-refractivity contribution < 1.29 is 18.7 Å². The lowest BCUT2D eigenvalue weighted by molar-refractivity contribution is -0.113. The number of carbonyl (C=O) groups excluding carboxylic acids is 1. The molecule has 0 saturated carbocycles. The molecule has 1 amide bonds. The van der Waals surface area contributed by atoms with Crippen LogP contribution in [0.15, 0.2) is 77.4 Å². The van der Waals surface area contributed by atoms with Gasteiger partial charge in [-0.25, -0.2) is 9.38 Å². The standard InChI is InChI=1S/C25H21FN2O3/c1-16-8-11-18(12-9-16)28-24(19-6-4-5-7-20(19)26)27-21(25(28)29)14-17-10-13-22(30-2)23(15-17)31-3/h4-15H,1-3H3/b21-14+. The van der Waals surface area contributed by atoms with E-state index in [9.17, 15) is 9.18 Å². The minimum atomic E-state index is -0.446. The quantitative estimate of drug-likeness (QED) is 0.551. The number of benzene rings is 3. The van der Waals surface area contributed by atoms with E-state index in [2.05, 4.69) is 4.99 Å². The number of hydrogen-bond acceptors (Lipinski definition) is 4. The van der Waals surface area contributed by atoms with Crippen LogP contribution >= 0.6 is 0 Å². The van der Waals surface area contributed by atoms with Crippen molar-refractivity contribution in [3.05, 3.63) is 94.9 Å². The van der Waals surface area contributed by atoms with Gasteiger partial charge < -0.3 is 9.47 Å². The summed E-state index contributed by atoms with van der Waals surface area (Å²) in [5, 5.41) is 0. The molecule has 1 aliphatic rings. The van der Waals surface area contributed by atoms with Crippen molar-refractivity contribution >= 4 is 23.5 Å². The van der Waals surface area contributed by atoms with Crippen LogP contribution in [0.5, 0.6) is 11.5 Å². The Bertz CT molecular complexity index is 1200. The number of nitrogens with zero attached hydrogens (tertiary/aromatic N) is 2. The summed E-state index contributed by atoms with van der Waals surface area (Å²) in [6.45, 7) is 1.96. The second-order valence-electron chi connectivity index (χ2n) is 7.04. The third-order valence-electron chi connectivity index (χ3n) is 4.98. The first-order valence-corrected chi connectivity index (χ1v) is 9.70. The SMILES string of the molecule is COc1ccc(/C=C2/N=C(c3ccccc3F)N(c3ccc(C)cc3)C2=O)cc1OC. The zero-order valence-electron chi connectivity index (χ0n) is 17.4. The highest BCUT2D eigenvalue weighted by Gasteiger charge is 2.33. The maximum Gasteiger partial charge on any atom is 0.282 e. The second kappa shape index (κ2) is 8.44. The Kier molecular flexibility index (Phi) is 5.54. The minimum absolute atomic E-state index is 0.200. The molecule has 0 N–H and O–H groups in total. The van der Waals surface area contributed by atoms with Gasteiger partial charge in [-0.3, -0.25) is 9.69 Å². The number of amides is 1. The molecule has 0 unspecified atom stereocenters. The Morgan fingerprint density at radius 3 is 2.32 bits per heavy atom. The molecule has 0 aliphatic carbocycles. The van der Waals surface area contributed by atoms with Crippen molar-refractivity contribution in [3.63, 3.8) is 0 Å². The average molecular weight is 416 g/mol.